The van der Waals surface area contributed by atoms with Crippen LogP contribution in [0.25, 0.3) is 21.3 Å². The van der Waals surface area contributed by atoms with E-state index in [1.165, 1.54) is 23.5 Å². The molecular formula is C21H16BrFN2OS. The number of fused-ring (bicyclic) bond motifs is 1. The predicted molar refractivity (Wildman–Crippen MR) is 112 cm³/mol. The van der Waals surface area contributed by atoms with Crippen molar-refractivity contribution < 1.29 is 4.39 Å². The molecule has 2 heterocycles. The first-order valence-corrected chi connectivity index (χ1v) is 10.3. The summed E-state index contributed by atoms with van der Waals surface area (Å²) in [6.45, 7) is 2.28. The van der Waals surface area contributed by atoms with Crippen LogP contribution in [0.4, 0.5) is 4.39 Å². The molecule has 0 spiro atoms. The number of aromatic nitrogens is 2. The molecular weight excluding hydrogens is 427 g/mol. The lowest BCUT2D eigenvalue weighted by molar-refractivity contribution is 0.620. The largest absolute Gasteiger partial charge is 0.292 e. The Morgan fingerprint density at radius 1 is 1.19 bits per heavy atom. The summed E-state index contributed by atoms with van der Waals surface area (Å²) in [6.07, 6.45) is 0.631. The highest BCUT2D eigenvalue weighted by Crippen LogP contribution is 2.32. The van der Waals surface area contributed by atoms with Crippen LogP contribution in [0.3, 0.4) is 0 Å². The van der Waals surface area contributed by atoms with Crippen molar-refractivity contribution in [2.75, 3.05) is 0 Å². The number of nitrogens with zero attached hydrogens (tertiary/aromatic N) is 2. The summed E-state index contributed by atoms with van der Waals surface area (Å²) in [4.78, 5) is 18.8. The van der Waals surface area contributed by atoms with Crippen molar-refractivity contribution in [1.29, 1.82) is 0 Å². The molecule has 0 saturated carbocycles. The maximum absolute atomic E-state index is 13.6. The summed E-state index contributed by atoms with van der Waals surface area (Å²) in [7, 11) is 0. The molecule has 4 rings (SSSR count). The van der Waals surface area contributed by atoms with Crippen molar-refractivity contribution in [2.24, 2.45) is 0 Å². The van der Waals surface area contributed by atoms with Gasteiger partial charge in [0.05, 0.1) is 11.9 Å². The highest BCUT2D eigenvalue weighted by Gasteiger charge is 2.16. The first-order valence-electron chi connectivity index (χ1n) is 8.58. The second-order valence-electron chi connectivity index (χ2n) is 6.24. The molecule has 3 nitrogen and oxygen atoms in total. The van der Waals surface area contributed by atoms with Gasteiger partial charge in [-0.15, -0.1) is 11.3 Å². The SMILES string of the molecule is CCc1nc2scc(-c3ccc(Br)cc3)c2c(=O)n1Cc1cccc(F)c1. The van der Waals surface area contributed by atoms with Gasteiger partial charge in [-0.1, -0.05) is 47.1 Å². The molecule has 0 aliphatic rings. The zero-order valence-electron chi connectivity index (χ0n) is 14.6. The van der Waals surface area contributed by atoms with Crippen LogP contribution in [-0.4, -0.2) is 9.55 Å². The third kappa shape index (κ3) is 3.47. The van der Waals surface area contributed by atoms with Crippen molar-refractivity contribution in [3.05, 3.63) is 85.9 Å². The molecule has 0 amide bonds. The number of halogens is 2. The zero-order chi connectivity index (χ0) is 19.0. The van der Waals surface area contributed by atoms with Gasteiger partial charge in [0.1, 0.15) is 16.5 Å². The number of aryl methyl sites for hydroxylation is 1. The number of rotatable bonds is 4. The third-order valence-corrected chi connectivity index (χ3v) is 5.87. The summed E-state index contributed by atoms with van der Waals surface area (Å²) in [5, 5.41) is 2.60. The van der Waals surface area contributed by atoms with E-state index in [-0.39, 0.29) is 11.4 Å². The van der Waals surface area contributed by atoms with Gasteiger partial charge in [0.15, 0.2) is 0 Å². The Morgan fingerprint density at radius 2 is 1.96 bits per heavy atom. The first-order chi connectivity index (χ1) is 13.1. The van der Waals surface area contributed by atoms with E-state index in [2.05, 4.69) is 15.9 Å². The molecule has 4 aromatic rings. The van der Waals surface area contributed by atoms with Crippen molar-refractivity contribution in [3.8, 4) is 11.1 Å². The minimum absolute atomic E-state index is 0.0831. The van der Waals surface area contributed by atoms with Gasteiger partial charge >= 0.3 is 0 Å². The minimum atomic E-state index is -0.307. The average Bonchev–Trinajstić information content (AvgIpc) is 3.08. The van der Waals surface area contributed by atoms with Gasteiger partial charge in [-0.3, -0.25) is 9.36 Å². The molecule has 2 aromatic heterocycles. The maximum atomic E-state index is 13.6. The average molecular weight is 443 g/mol. The van der Waals surface area contributed by atoms with Crippen molar-refractivity contribution in [2.45, 2.75) is 19.9 Å². The predicted octanol–water partition coefficient (Wildman–Crippen LogP) is 5.64. The highest BCUT2D eigenvalue weighted by atomic mass is 79.9. The molecule has 0 aliphatic carbocycles. The monoisotopic (exact) mass is 442 g/mol. The second kappa shape index (κ2) is 7.37. The summed E-state index contributed by atoms with van der Waals surface area (Å²) < 4.78 is 16.2. The molecule has 0 N–H and O–H groups in total. The van der Waals surface area contributed by atoms with Crippen LogP contribution in [-0.2, 0) is 13.0 Å². The summed E-state index contributed by atoms with van der Waals surface area (Å²) in [6, 6.07) is 14.2. The fourth-order valence-corrected chi connectivity index (χ4v) is 4.38. The van der Waals surface area contributed by atoms with Crippen LogP contribution in [0.15, 0.2) is 63.2 Å². The van der Waals surface area contributed by atoms with E-state index in [1.54, 1.807) is 10.6 Å². The van der Waals surface area contributed by atoms with Crippen LogP contribution >= 0.6 is 27.3 Å². The third-order valence-electron chi connectivity index (χ3n) is 4.47. The van der Waals surface area contributed by atoms with Crippen molar-refractivity contribution >= 4 is 37.5 Å². The smallest absolute Gasteiger partial charge is 0.263 e. The lowest BCUT2D eigenvalue weighted by Crippen LogP contribution is -2.25. The quantitative estimate of drug-likeness (QED) is 0.409. The molecule has 27 heavy (non-hydrogen) atoms. The fourth-order valence-electron chi connectivity index (χ4n) is 3.16. The van der Waals surface area contributed by atoms with Gasteiger partial charge in [-0.05, 0) is 35.4 Å². The first kappa shape index (κ1) is 18.1. The summed E-state index contributed by atoms with van der Waals surface area (Å²) in [5.41, 5.74) is 2.52. The molecule has 2 aromatic carbocycles. The fraction of sp³-hybridized carbons (Fsp3) is 0.143. The molecule has 0 atom stereocenters. The van der Waals surface area contributed by atoms with Crippen LogP contribution in [0, 0.1) is 5.82 Å². The summed E-state index contributed by atoms with van der Waals surface area (Å²) >= 11 is 4.92. The minimum Gasteiger partial charge on any atom is -0.292 e. The lowest BCUT2D eigenvalue weighted by atomic mass is 10.1. The standard InChI is InChI=1S/C21H16BrFN2OS/c1-2-18-24-20-19(17(12-27-20)14-6-8-15(22)9-7-14)21(26)25(18)11-13-4-3-5-16(23)10-13/h3-10,12H,2,11H2,1H3. The van der Waals surface area contributed by atoms with Gasteiger partial charge in [0.2, 0.25) is 0 Å². The van der Waals surface area contributed by atoms with E-state index in [9.17, 15) is 9.18 Å². The van der Waals surface area contributed by atoms with Crippen molar-refractivity contribution in [3.63, 3.8) is 0 Å². The van der Waals surface area contributed by atoms with Gasteiger partial charge in [-0.25, -0.2) is 9.37 Å². The number of hydrogen-bond donors (Lipinski definition) is 0. The number of thiophene rings is 1. The molecule has 6 heteroatoms. The Balaban J connectivity index is 1.90. The van der Waals surface area contributed by atoms with Crippen LogP contribution in [0.5, 0.6) is 0 Å². The molecule has 0 saturated heterocycles. The van der Waals surface area contributed by atoms with E-state index in [1.807, 2.05) is 42.6 Å². The normalized spacial score (nSPS) is 11.2. The molecule has 0 radical (unpaired) electrons. The molecule has 0 bridgehead atoms. The second-order valence-corrected chi connectivity index (χ2v) is 8.01. The summed E-state index contributed by atoms with van der Waals surface area (Å²) in [5.74, 6) is 0.402. The van der Waals surface area contributed by atoms with Gasteiger partial charge in [0.25, 0.3) is 5.56 Å². The van der Waals surface area contributed by atoms with Crippen molar-refractivity contribution in [1.82, 2.24) is 9.55 Å². The highest BCUT2D eigenvalue weighted by molar-refractivity contribution is 9.10. The Bertz CT molecular complexity index is 1180. The molecule has 136 valence electrons. The van der Waals surface area contributed by atoms with Gasteiger partial charge < -0.3 is 0 Å². The van der Waals surface area contributed by atoms with Gasteiger partial charge in [-0.2, -0.15) is 0 Å². The molecule has 0 aliphatic heterocycles. The Labute approximate surface area is 168 Å². The van der Waals surface area contributed by atoms with Crippen LogP contribution < -0.4 is 5.56 Å². The topological polar surface area (TPSA) is 34.9 Å². The van der Waals surface area contributed by atoms with E-state index in [0.717, 1.165) is 26.0 Å². The number of hydrogen-bond acceptors (Lipinski definition) is 3. The maximum Gasteiger partial charge on any atom is 0.263 e. The van der Waals surface area contributed by atoms with E-state index < -0.39 is 0 Å². The Kier molecular flexibility index (Phi) is 4.93. The zero-order valence-corrected chi connectivity index (χ0v) is 17.0. The Morgan fingerprint density at radius 3 is 2.67 bits per heavy atom. The number of benzene rings is 2. The lowest BCUT2D eigenvalue weighted by Gasteiger charge is -2.12. The van der Waals surface area contributed by atoms with E-state index in [0.29, 0.717) is 24.2 Å². The van der Waals surface area contributed by atoms with Crippen LogP contribution in [0.2, 0.25) is 0 Å². The molecule has 0 fully saturated rings. The van der Waals surface area contributed by atoms with Crippen LogP contribution in [0.1, 0.15) is 18.3 Å². The van der Waals surface area contributed by atoms with Gasteiger partial charge in [0, 0.05) is 21.8 Å². The van der Waals surface area contributed by atoms with E-state index >= 15 is 0 Å². The Hall–Kier alpha value is -2.31. The van der Waals surface area contributed by atoms with E-state index in [4.69, 9.17) is 4.98 Å². The molecule has 0 unspecified atom stereocenters.